The summed E-state index contributed by atoms with van der Waals surface area (Å²) in [6, 6.07) is -12.0. The number of nitrogens with two attached hydrogens (primary N) is 4. The summed E-state index contributed by atoms with van der Waals surface area (Å²) in [6.45, 7) is 15.8. The van der Waals surface area contributed by atoms with Gasteiger partial charge in [-0.25, -0.2) is 4.79 Å². The van der Waals surface area contributed by atoms with Gasteiger partial charge in [-0.05, 0) is 88.6 Å². The Morgan fingerprint density at radius 3 is 1.19 bits per heavy atom. The largest absolute Gasteiger partial charge is 0.481 e. The number of carboxylic acid groups (broad SMARTS) is 2. The Hall–Kier alpha value is -5.95. The van der Waals surface area contributed by atoms with E-state index in [9.17, 15) is 63.0 Å². The summed E-state index contributed by atoms with van der Waals surface area (Å²) < 4.78 is 0. The molecule has 0 fully saturated rings. The van der Waals surface area contributed by atoms with Crippen LogP contribution in [0.25, 0.3) is 0 Å². The summed E-state index contributed by atoms with van der Waals surface area (Å²) in [7, 11) is 0. The zero-order valence-electron chi connectivity index (χ0n) is 44.3. The molecular formula is C48H88N12O13. The van der Waals surface area contributed by atoms with Crippen LogP contribution in [0.15, 0.2) is 0 Å². The minimum absolute atomic E-state index is 0.0404. The van der Waals surface area contributed by atoms with Crippen molar-refractivity contribution >= 4 is 65.1 Å². The van der Waals surface area contributed by atoms with Gasteiger partial charge in [-0.1, -0.05) is 81.1 Å². The van der Waals surface area contributed by atoms with Gasteiger partial charge in [0.15, 0.2) is 0 Å². The second-order valence-electron chi connectivity index (χ2n) is 19.0. The molecule has 13 atom stereocenters. The first-order chi connectivity index (χ1) is 34.2. The van der Waals surface area contributed by atoms with E-state index < -0.39 is 150 Å². The maximum atomic E-state index is 14.1. The normalized spacial score (nSPS) is 16.5. The molecule has 0 aromatic heterocycles. The van der Waals surface area contributed by atoms with Crippen LogP contribution in [0.5, 0.6) is 0 Å². The fourth-order valence-electron chi connectivity index (χ4n) is 7.29. The van der Waals surface area contributed by atoms with E-state index in [1.165, 1.54) is 6.92 Å². The third kappa shape index (κ3) is 24.6. The van der Waals surface area contributed by atoms with E-state index in [4.69, 9.17) is 22.9 Å². The number of carbonyl (C=O) groups excluding carboxylic acids is 9. The average Bonchev–Trinajstić information content (AvgIpc) is 3.34. The van der Waals surface area contributed by atoms with Gasteiger partial charge in [0.2, 0.25) is 53.2 Å². The molecule has 0 radical (unpaired) electrons. The number of aliphatic carboxylic acids is 2. The van der Waals surface area contributed by atoms with Gasteiger partial charge in [0, 0.05) is 6.42 Å². The molecule has 0 aliphatic rings. The first-order valence-corrected chi connectivity index (χ1v) is 25.6. The molecule has 0 saturated carbocycles. The molecular weight excluding hydrogens is 953 g/mol. The molecule has 0 unspecified atom stereocenters. The topological polar surface area (TPSA) is 429 Å². The van der Waals surface area contributed by atoms with Crippen molar-refractivity contribution in [1.29, 1.82) is 0 Å². The minimum Gasteiger partial charge on any atom is -0.481 e. The molecule has 418 valence electrons. The van der Waals surface area contributed by atoms with Crippen LogP contribution in [0.1, 0.15) is 146 Å². The lowest BCUT2D eigenvalue weighted by Gasteiger charge is -2.31. The number of hydrogen-bond donors (Lipinski definition) is 14. The van der Waals surface area contributed by atoms with Crippen LogP contribution in [-0.2, 0) is 52.7 Å². The molecule has 0 saturated heterocycles. The summed E-state index contributed by atoms with van der Waals surface area (Å²) in [5.41, 5.74) is 22.9. The number of amides is 9. The van der Waals surface area contributed by atoms with Crippen LogP contribution in [0.4, 0.5) is 0 Å². The van der Waals surface area contributed by atoms with Crippen LogP contribution in [-0.4, -0.2) is 143 Å². The number of carboxylic acids is 2. The highest BCUT2D eigenvalue weighted by Gasteiger charge is 2.37. The zero-order valence-corrected chi connectivity index (χ0v) is 44.3. The van der Waals surface area contributed by atoms with Crippen LogP contribution in [0.3, 0.4) is 0 Å². The van der Waals surface area contributed by atoms with Crippen molar-refractivity contribution in [2.24, 2.45) is 46.6 Å². The Balaban J connectivity index is 6.76. The second kappa shape index (κ2) is 35.2. The molecule has 0 heterocycles. The Bertz CT molecular complexity index is 1840. The lowest BCUT2D eigenvalue weighted by molar-refractivity contribution is -0.143. The fraction of sp³-hybridized carbons (Fsp3) is 0.771. The van der Waals surface area contributed by atoms with Crippen molar-refractivity contribution < 1.29 is 63.0 Å². The molecule has 0 aromatic rings. The zero-order chi connectivity index (χ0) is 56.1. The van der Waals surface area contributed by atoms with Crippen molar-refractivity contribution in [3.8, 4) is 0 Å². The van der Waals surface area contributed by atoms with E-state index >= 15 is 0 Å². The minimum atomic E-state index is -1.84. The second-order valence-corrected chi connectivity index (χ2v) is 19.0. The first-order valence-electron chi connectivity index (χ1n) is 25.6. The average molecular weight is 1040 g/mol. The molecule has 0 aliphatic carbocycles. The van der Waals surface area contributed by atoms with Gasteiger partial charge in [-0.15, -0.1) is 0 Å². The van der Waals surface area contributed by atoms with Gasteiger partial charge in [0.25, 0.3) is 0 Å². The van der Waals surface area contributed by atoms with E-state index in [1.807, 2.05) is 13.8 Å². The van der Waals surface area contributed by atoms with Crippen molar-refractivity contribution in [2.45, 2.75) is 200 Å². The van der Waals surface area contributed by atoms with Gasteiger partial charge in [-0.2, -0.15) is 0 Å². The number of nitrogens with one attached hydrogen (secondary N) is 8. The SMILES string of the molecule is CC[C@H](C)[C@H](N)C(=O)N[C@H](C(=O)N[C@H](C(=O)N[C@@H](CCC(N)=O)C(=O)N[C@@H](CCCCN)C(=O)N[C@@H](CC(=O)O)C(=O)N[C@@H](CCCCN)C(=O)N[C@@H](C)C(=O)N[C@H](C(=O)O)[C@@H](C)CC)[C@@H](C)CC)[C@@H](C)CC. The van der Waals surface area contributed by atoms with E-state index in [0.29, 0.717) is 38.5 Å². The smallest absolute Gasteiger partial charge is 0.326 e. The molecule has 18 N–H and O–H groups in total. The maximum Gasteiger partial charge on any atom is 0.326 e. The summed E-state index contributed by atoms with van der Waals surface area (Å²) in [5.74, 6) is -12.1. The molecule has 25 heteroatoms. The van der Waals surface area contributed by atoms with Gasteiger partial charge in [0.05, 0.1) is 12.5 Å². The molecule has 0 aliphatic heterocycles. The monoisotopic (exact) mass is 1040 g/mol. The highest BCUT2D eigenvalue weighted by Crippen LogP contribution is 2.16. The Morgan fingerprint density at radius 2 is 0.781 bits per heavy atom. The summed E-state index contributed by atoms with van der Waals surface area (Å²) >= 11 is 0. The number of unbranched alkanes of at least 4 members (excludes halogenated alkanes) is 2. The van der Waals surface area contributed by atoms with Crippen molar-refractivity contribution in [3.05, 3.63) is 0 Å². The Labute approximate surface area is 429 Å². The highest BCUT2D eigenvalue weighted by atomic mass is 16.4. The van der Waals surface area contributed by atoms with Gasteiger partial charge in [-0.3, -0.25) is 47.9 Å². The van der Waals surface area contributed by atoms with Crippen molar-refractivity contribution in [1.82, 2.24) is 42.5 Å². The van der Waals surface area contributed by atoms with Crippen molar-refractivity contribution in [2.75, 3.05) is 13.1 Å². The molecule has 73 heavy (non-hydrogen) atoms. The molecule has 9 amide bonds. The summed E-state index contributed by atoms with van der Waals surface area (Å²) in [4.78, 5) is 146. The lowest BCUT2D eigenvalue weighted by atomic mass is 9.93. The van der Waals surface area contributed by atoms with E-state index in [1.54, 1.807) is 41.5 Å². The predicted molar refractivity (Wildman–Crippen MR) is 271 cm³/mol. The summed E-state index contributed by atoms with van der Waals surface area (Å²) in [5, 5.41) is 39.7. The standard InChI is InChI=1S/C48H88N12O13/c1-10-25(5)36(52)45(69)58-38(27(7)12-3)47(71)59-37(26(6)11-2)46(70)56-32(20-21-34(51)61)43(67)54-31(19-15-17-23-50)42(66)57-33(24-35(62)63)44(68)55-30(18-14-16-22-49)41(65)53-29(9)40(64)60-39(48(72)73)28(8)13-4/h25-33,36-39H,10-24,49-50,52H2,1-9H3,(H2,51,61)(H,53,65)(H,54,67)(H,55,68)(H,56,70)(H,57,66)(H,58,69)(H,59,71)(H,60,64)(H,62,63)(H,72,73)/t25-,26-,27-,28-,29-,30-,31-,32-,33-,36-,37-,38-,39-/m0/s1. The first kappa shape index (κ1) is 67.0. The number of primary amides is 1. The maximum absolute atomic E-state index is 14.1. The van der Waals surface area contributed by atoms with E-state index in [0.717, 1.165) is 0 Å². The number of carbonyl (C=O) groups is 11. The molecule has 0 spiro atoms. The third-order valence-corrected chi connectivity index (χ3v) is 13.2. The van der Waals surface area contributed by atoms with Crippen LogP contribution < -0.4 is 65.5 Å². The fourth-order valence-corrected chi connectivity index (χ4v) is 7.29. The third-order valence-electron chi connectivity index (χ3n) is 13.2. The number of rotatable bonds is 38. The van der Waals surface area contributed by atoms with Crippen LogP contribution >= 0.6 is 0 Å². The highest BCUT2D eigenvalue weighted by molar-refractivity contribution is 5.99. The van der Waals surface area contributed by atoms with Crippen LogP contribution in [0, 0.1) is 23.7 Å². The van der Waals surface area contributed by atoms with E-state index in [2.05, 4.69) is 42.5 Å². The predicted octanol–water partition coefficient (Wildman–Crippen LogP) is -1.52. The van der Waals surface area contributed by atoms with Crippen LogP contribution in [0.2, 0.25) is 0 Å². The molecule has 25 nitrogen and oxygen atoms in total. The van der Waals surface area contributed by atoms with Gasteiger partial charge >= 0.3 is 11.9 Å². The van der Waals surface area contributed by atoms with E-state index in [-0.39, 0.29) is 51.1 Å². The Morgan fingerprint density at radius 1 is 0.425 bits per heavy atom. The van der Waals surface area contributed by atoms with Gasteiger partial charge in [0.1, 0.15) is 48.3 Å². The summed E-state index contributed by atoms with van der Waals surface area (Å²) in [6.07, 6.45) is 1.27. The quantitative estimate of drug-likeness (QED) is 0.0312. The molecule has 0 bridgehead atoms. The number of hydrogen-bond acceptors (Lipinski definition) is 14. The van der Waals surface area contributed by atoms with Crippen molar-refractivity contribution in [3.63, 3.8) is 0 Å². The molecule has 0 rings (SSSR count). The Kier molecular flexibility index (Phi) is 32.4. The lowest BCUT2D eigenvalue weighted by Crippen LogP contribution is -2.61. The molecule has 0 aromatic carbocycles. The van der Waals surface area contributed by atoms with Gasteiger partial charge < -0.3 is 75.7 Å².